The van der Waals surface area contributed by atoms with Gasteiger partial charge in [0, 0.05) is 14.5 Å². The first-order valence-electron chi connectivity index (χ1n) is 5.43. The number of aromatic nitrogens is 4. The molecule has 0 aliphatic carbocycles. The van der Waals surface area contributed by atoms with Crippen molar-refractivity contribution in [3.63, 3.8) is 0 Å². The highest BCUT2D eigenvalue weighted by molar-refractivity contribution is 9.11. The Labute approximate surface area is 126 Å². The number of carboxylic acids is 1. The monoisotopic (exact) mass is 388 g/mol. The van der Waals surface area contributed by atoms with E-state index in [1.807, 2.05) is 18.2 Å². The fourth-order valence-corrected chi connectivity index (χ4v) is 2.85. The van der Waals surface area contributed by atoms with Gasteiger partial charge in [-0.15, -0.1) is 5.10 Å². The molecule has 6 nitrogen and oxygen atoms in total. The molecule has 0 spiro atoms. The van der Waals surface area contributed by atoms with Gasteiger partial charge in [-0.3, -0.25) is 4.79 Å². The van der Waals surface area contributed by atoms with Crippen LogP contribution in [-0.2, 0) is 11.3 Å². The van der Waals surface area contributed by atoms with Gasteiger partial charge >= 0.3 is 5.97 Å². The number of halogens is 2. The van der Waals surface area contributed by atoms with E-state index in [-0.39, 0.29) is 6.54 Å². The molecule has 8 heteroatoms. The zero-order valence-electron chi connectivity index (χ0n) is 9.92. The number of nitrogens with zero attached hydrogens (tertiary/aromatic N) is 4. The smallest absolute Gasteiger partial charge is 0.308 e. The molecule has 0 amide bonds. The molecule has 1 atom stereocenters. The van der Waals surface area contributed by atoms with Gasteiger partial charge in [0.25, 0.3) is 0 Å². The average Bonchev–Trinajstić information content (AvgIpc) is 2.75. The molecule has 1 unspecified atom stereocenters. The molecule has 0 fully saturated rings. The normalized spacial score (nSPS) is 12.4. The molecule has 0 aliphatic rings. The van der Waals surface area contributed by atoms with Crippen LogP contribution in [0.15, 0.2) is 27.1 Å². The van der Waals surface area contributed by atoms with Crippen molar-refractivity contribution in [3.8, 4) is 11.4 Å². The van der Waals surface area contributed by atoms with E-state index >= 15 is 0 Å². The van der Waals surface area contributed by atoms with E-state index in [1.165, 1.54) is 4.68 Å². The molecule has 1 N–H and O–H groups in total. The summed E-state index contributed by atoms with van der Waals surface area (Å²) in [5.41, 5.74) is 0.809. The van der Waals surface area contributed by atoms with E-state index in [0.717, 1.165) is 14.5 Å². The van der Waals surface area contributed by atoms with E-state index in [4.69, 9.17) is 5.11 Å². The Hall–Kier alpha value is -1.28. The third-order valence-corrected chi connectivity index (χ3v) is 3.44. The number of benzene rings is 1. The molecule has 0 radical (unpaired) electrons. The summed E-state index contributed by atoms with van der Waals surface area (Å²) in [5, 5.41) is 20.3. The van der Waals surface area contributed by atoms with Gasteiger partial charge in [0.15, 0.2) is 5.82 Å². The lowest BCUT2D eigenvalue weighted by molar-refractivity contribution is -0.141. The minimum atomic E-state index is -0.878. The molecule has 1 aromatic carbocycles. The standard InChI is InChI=1S/C11H10Br2N4O2/c1-6(11(18)19)5-17-10(14-15-16-17)7-2-8(12)4-9(13)3-7/h2-4,6H,5H2,1H3,(H,18,19). The van der Waals surface area contributed by atoms with Gasteiger partial charge < -0.3 is 5.11 Å². The van der Waals surface area contributed by atoms with Crippen LogP contribution < -0.4 is 0 Å². The van der Waals surface area contributed by atoms with Crippen molar-refractivity contribution >= 4 is 37.8 Å². The summed E-state index contributed by atoms with van der Waals surface area (Å²) in [6.45, 7) is 1.84. The van der Waals surface area contributed by atoms with Crippen LogP contribution in [-0.4, -0.2) is 31.3 Å². The van der Waals surface area contributed by atoms with Gasteiger partial charge in [-0.2, -0.15) is 0 Å². The Kier molecular flexibility index (Phi) is 4.31. The van der Waals surface area contributed by atoms with Gasteiger partial charge in [0.1, 0.15) is 0 Å². The van der Waals surface area contributed by atoms with Crippen LogP contribution in [0, 0.1) is 5.92 Å². The Morgan fingerprint density at radius 3 is 2.58 bits per heavy atom. The number of rotatable bonds is 4. The van der Waals surface area contributed by atoms with Crippen molar-refractivity contribution in [2.75, 3.05) is 0 Å². The quantitative estimate of drug-likeness (QED) is 0.869. The fourth-order valence-electron chi connectivity index (χ4n) is 1.55. The van der Waals surface area contributed by atoms with E-state index in [1.54, 1.807) is 6.92 Å². The van der Waals surface area contributed by atoms with Crippen LogP contribution in [0.1, 0.15) is 6.92 Å². The Morgan fingerprint density at radius 2 is 2.00 bits per heavy atom. The Bertz CT molecular complexity index is 594. The third kappa shape index (κ3) is 3.38. The lowest BCUT2D eigenvalue weighted by Gasteiger charge is -2.08. The van der Waals surface area contributed by atoms with E-state index in [9.17, 15) is 4.79 Å². The first-order chi connectivity index (χ1) is 8.97. The van der Waals surface area contributed by atoms with Gasteiger partial charge in [0.2, 0.25) is 0 Å². The lowest BCUT2D eigenvalue weighted by Crippen LogP contribution is -2.18. The van der Waals surface area contributed by atoms with Crippen molar-refractivity contribution in [2.45, 2.75) is 13.5 Å². The van der Waals surface area contributed by atoms with Crippen molar-refractivity contribution in [1.82, 2.24) is 20.2 Å². The zero-order chi connectivity index (χ0) is 14.0. The molecule has 100 valence electrons. The summed E-state index contributed by atoms with van der Waals surface area (Å²) < 4.78 is 3.27. The highest BCUT2D eigenvalue weighted by Gasteiger charge is 2.17. The number of aliphatic carboxylic acids is 1. The maximum Gasteiger partial charge on any atom is 0.308 e. The van der Waals surface area contributed by atoms with Crippen molar-refractivity contribution in [2.24, 2.45) is 5.92 Å². The molecular formula is C11H10Br2N4O2. The Balaban J connectivity index is 2.36. The number of carbonyl (C=O) groups is 1. The van der Waals surface area contributed by atoms with Crippen molar-refractivity contribution < 1.29 is 9.90 Å². The third-order valence-electron chi connectivity index (χ3n) is 2.52. The maximum atomic E-state index is 10.9. The van der Waals surface area contributed by atoms with E-state index in [0.29, 0.717) is 5.82 Å². The molecule has 0 aliphatic heterocycles. The predicted molar refractivity (Wildman–Crippen MR) is 75.5 cm³/mol. The summed E-state index contributed by atoms with van der Waals surface area (Å²) in [6.07, 6.45) is 0. The first-order valence-corrected chi connectivity index (χ1v) is 7.01. The van der Waals surface area contributed by atoms with Crippen LogP contribution in [0.2, 0.25) is 0 Å². The van der Waals surface area contributed by atoms with Gasteiger partial charge in [-0.1, -0.05) is 38.8 Å². The second kappa shape index (κ2) is 5.79. The molecule has 1 heterocycles. The van der Waals surface area contributed by atoms with Crippen LogP contribution in [0.5, 0.6) is 0 Å². The van der Waals surface area contributed by atoms with Crippen molar-refractivity contribution in [1.29, 1.82) is 0 Å². The van der Waals surface area contributed by atoms with Gasteiger partial charge in [-0.05, 0) is 28.6 Å². The SMILES string of the molecule is CC(Cn1nnnc1-c1cc(Br)cc(Br)c1)C(=O)O. The second-order valence-corrected chi connectivity index (χ2v) is 5.91. The summed E-state index contributed by atoms with van der Waals surface area (Å²) in [5.74, 6) is -0.898. The largest absolute Gasteiger partial charge is 0.481 e. The topological polar surface area (TPSA) is 80.9 Å². The molecular weight excluding hydrogens is 380 g/mol. The number of hydrogen-bond donors (Lipinski definition) is 1. The van der Waals surface area contributed by atoms with E-state index < -0.39 is 11.9 Å². The molecule has 19 heavy (non-hydrogen) atoms. The molecule has 2 rings (SSSR count). The van der Waals surface area contributed by atoms with Crippen LogP contribution in [0.4, 0.5) is 0 Å². The minimum absolute atomic E-state index is 0.224. The number of carboxylic acid groups (broad SMARTS) is 1. The average molecular weight is 390 g/mol. The van der Waals surface area contributed by atoms with E-state index in [2.05, 4.69) is 47.4 Å². The fraction of sp³-hybridized carbons (Fsp3) is 0.273. The number of tetrazole rings is 1. The minimum Gasteiger partial charge on any atom is -0.481 e. The summed E-state index contributed by atoms with van der Waals surface area (Å²) >= 11 is 6.79. The summed E-state index contributed by atoms with van der Waals surface area (Å²) in [7, 11) is 0. The van der Waals surface area contributed by atoms with Gasteiger partial charge in [-0.25, -0.2) is 4.68 Å². The molecule has 0 saturated heterocycles. The molecule has 0 bridgehead atoms. The zero-order valence-corrected chi connectivity index (χ0v) is 13.1. The number of hydrogen-bond acceptors (Lipinski definition) is 4. The predicted octanol–water partition coefficient (Wildman–Crippen LogP) is 2.59. The molecule has 2 aromatic rings. The van der Waals surface area contributed by atoms with Crippen LogP contribution in [0.25, 0.3) is 11.4 Å². The maximum absolute atomic E-state index is 10.9. The summed E-state index contributed by atoms with van der Waals surface area (Å²) in [4.78, 5) is 10.9. The van der Waals surface area contributed by atoms with Crippen molar-refractivity contribution in [3.05, 3.63) is 27.1 Å². The Morgan fingerprint density at radius 1 is 1.37 bits per heavy atom. The highest BCUT2D eigenvalue weighted by atomic mass is 79.9. The molecule has 0 saturated carbocycles. The summed E-state index contributed by atoms with van der Waals surface area (Å²) in [6, 6.07) is 5.65. The lowest BCUT2D eigenvalue weighted by atomic mass is 10.1. The molecule has 1 aromatic heterocycles. The first kappa shape index (κ1) is 14.1. The van der Waals surface area contributed by atoms with Gasteiger partial charge in [0.05, 0.1) is 12.5 Å². The van der Waals surface area contributed by atoms with Crippen LogP contribution >= 0.6 is 31.9 Å². The second-order valence-electron chi connectivity index (χ2n) is 4.08. The van der Waals surface area contributed by atoms with Crippen LogP contribution in [0.3, 0.4) is 0 Å². The highest BCUT2D eigenvalue weighted by Crippen LogP contribution is 2.26.